The Morgan fingerprint density at radius 1 is 1.43 bits per heavy atom. The summed E-state index contributed by atoms with van der Waals surface area (Å²) < 4.78 is 11.9. The molecule has 7 heteroatoms. The van der Waals surface area contributed by atoms with Crippen LogP contribution in [-0.4, -0.2) is 47.1 Å². The molecule has 0 aliphatic carbocycles. The average Bonchev–Trinajstić information content (AvgIpc) is 3.13. The molecule has 0 unspecified atom stereocenters. The minimum Gasteiger partial charge on any atom is -0.492 e. The summed E-state index contributed by atoms with van der Waals surface area (Å²) in [5.41, 5.74) is -0.0160. The van der Waals surface area contributed by atoms with Gasteiger partial charge in [-0.1, -0.05) is 11.3 Å². The highest BCUT2D eigenvalue weighted by molar-refractivity contribution is 7.15. The Labute approximate surface area is 139 Å². The van der Waals surface area contributed by atoms with Gasteiger partial charge in [-0.05, 0) is 37.8 Å². The van der Waals surface area contributed by atoms with Crippen LogP contribution in [-0.2, 0) is 4.74 Å². The van der Waals surface area contributed by atoms with Crippen LogP contribution in [0.25, 0.3) is 0 Å². The van der Waals surface area contributed by atoms with Crippen molar-refractivity contribution < 1.29 is 9.47 Å². The Bertz CT molecular complexity index is 657. The molecule has 0 amide bonds. The van der Waals surface area contributed by atoms with E-state index in [0.29, 0.717) is 12.5 Å². The number of nitrogens with zero attached hydrogens (tertiary/aromatic N) is 4. The van der Waals surface area contributed by atoms with E-state index in [0.717, 1.165) is 48.4 Å². The molecule has 0 aromatic carbocycles. The lowest BCUT2D eigenvalue weighted by atomic mass is 9.79. The van der Waals surface area contributed by atoms with E-state index in [2.05, 4.69) is 20.1 Å². The molecule has 2 aliphatic rings. The molecule has 0 saturated carbocycles. The largest absolute Gasteiger partial charge is 0.492 e. The number of anilines is 1. The Morgan fingerprint density at radius 2 is 2.35 bits per heavy atom. The van der Waals surface area contributed by atoms with Crippen molar-refractivity contribution in [2.45, 2.75) is 25.4 Å². The third kappa shape index (κ3) is 2.90. The molecule has 0 radical (unpaired) electrons. The smallest absolute Gasteiger partial charge is 0.208 e. The summed E-state index contributed by atoms with van der Waals surface area (Å²) in [6, 6.07) is 3.83. The van der Waals surface area contributed by atoms with Crippen molar-refractivity contribution in [2.24, 2.45) is 5.92 Å². The molecule has 23 heavy (non-hydrogen) atoms. The van der Waals surface area contributed by atoms with Gasteiger partial charge in [-0.3, -0.25) is 4.98 Å². The lowest BCUT2D eigenvalue weighted by Crippen LogP contribution is -2.65. The van der Waals surface area contributed by atoms with E-state index in [-0.39, 0.29) is 5.60 Å². The Morgan fingerprint density at radius 3 is 3.09 bits per heavy atom. The fourth-order valence-corrected chi connectivity index (χ4v) is 4.13. The first kappa shape index (κ1) is 14.8. The molecule has 2 fully saturated rings. The van der Waals surface area contributed by atoms with Crippen LogP contribution < -0.4 is 9.64 Å². The fourth-order valence-electron chi connectivity index (χ4n) is 3.44. The molecule has 0 bridgehead atoms. The van der Waals surface area contributed by atoms with Gasteiger partial charge in [0.15, 0.2) is 0 Å². The molecule has 1 atom stereocenters. The van der Waals surface area contributed by atoms with Gasteiger partial charge in [0.25, 0.3) is 0 Å². The zero-order valence-corrected chi connectivity index (χ0v) is 14.0. The number of pyridine rings is 1. The first-order chi connectivity index (χ1) is 11.3. The third-order valence-electron chi connectivity index (χ3n) is 4.67. The molecule has 2 saturated heterocycles. The molecular formula is C16H20N4O2S. The molecule has 4 rings (SSSR count). The normalized spacial score (nSPS) is 22.3. The SMILES string of the molecule is Cc1nnc(N2CC3(C2)OCC[C@@H]3CCOc2cccnc2)s1. The number of ether oxygens (including phenoxy) is 2. The summed E-state index contributed by atoms with van der Waals surface area (Å²) in [5.74, 6) is 1.38. The van der Waals surface area contributed by atoms with Crippen molar-refractivity contribution in [3.8, 4) is 5.75 Å². The topological polar surface area (TPSA) is 60.4 Å². The zero-order valence-electron chi connectivity index (χ0n) is 13.1. The molecule has 2 aromatic rings. The van der Waals surface area contributed by atoms with Crippen molar-refractivity contribution in [3.63, 3.8) is 0 Å². The van der Waals surface area contributed by atoms with E-state index in [1.54, 1.807) is 23.7 Å². The molecule has 4 heterocycles. The molecule has 6 nitrogen and oxygen atoms in total. The highest BCUT2D eigenvalue weighted by Gasteiger charge is 2.53. The summed E-state index contributed by atoms with van der Waals surface area (Å²) >= 11 is 1.65. The van der Waals surface area contributed by atoms with Crippen LogP contribution in [0, 0.1) is 12.8 Å². The first-order valence-electron chi connectivity index (χ1n) is 7.97. The van der Waals surface area contributed by atoms with Crippen molar-refractivity contribution in [1.82, 2.24) is 15.2 Å². The van der Waals surface area contributed by atoms with E-state index in [1.165, 1.54) is 0 Å². The van der Waals surface area contributed by atoms with Gasteiger partial charge in [0, 0.05) is 12.8 Å². The maximum Gasteiger partial charge on any atom is 0.208 e. The molecular weight excluding hydrogens is 312 g/mol. The second kappa shape index (κ2) is 6.05. The number of aromatic nitrogens is 3. The van der Waals surface area contributed by atoms with Gasteiger partial charge < -0.3 is 14.4 Å². The predicted molar refractivity (Wildman–Crippen MR) is 88.0 cm³/mol. The molecule has 122 valence electrons. The number of hydrogen-bond donors (Lipinski definition) is 0. The molecule has 2 aromatic heterocycles. The third-order valence-corrected chi connectivity index (χ3v) is 5.57. The highest BCUT2D eigenvalue weighted by Crippen LogP contribution is 2.43. The van der Waals surface area contributed by atoms with Gasteiger partial charge in [-0.2, -0.15) is 0 Å². The number of rotatable bonds is 5. The second-order valence-electron chi connectivity index (χ2n) is 6.18. The van der Waals surface area contributed by atoms with E-state index in [1.807, 2.05) is 19.1 Å². The van der Waals surface area contributed by atoms with Gasteiger partial charge >= 0.3 is 0 Å². The zero-order chi connectivity index (χ0) is 15.7. The average molecular weight is 332 g/mol. The Kier molecular flexibility index (Phi) is 3.90. The van der Waals surface area contributed by atoms with Gasteiger partial charge in [-0.25, -0.2) is 0 Å². The molecule has 1 spiro atoms. The van der Waals surface area contributed by atoms with Crippen molar-refractivity contribution in [2.75, 3.05) is 31.2 Å². The summed E-state index contributed by atoms with van der Waals surface area (Å²) in [4.78, 5) is 6.34. The summed E-state index contributed by atoms with van der Waals surface area (Å²) in [6.07, 6.45) is 5.63. The quantitative estimate of drug-likeness (QED) is 0.837. The lowest BCUT2D eigenvalue weighted by molar-refractivity contribution is -0.0475. The first-order valence-corrected chi connectivity index (χ1v) is 8.79. The fraction of sp³-hybridized carbons (Fsp3) is 0.562. The van der Waals surface area contributed by atoms with Gasteiger partial charge in [0.2, 0.25) is 5.13 Å². The number of hydrogen-bond acceptors (Lipinski definition) is 7. The van der Waals surface area contributed by atoms with E-state index < -0.39 is 0 Å². The highest BCUT2D eigenvalue weighted by atomic mass is 32.1. The van der Waals surface area contributed by atoms with Crippen molar-refractivity contribution >= 4 is 16.5 Å². The van der Waals surface area contributed by atoms with Crippen LogP contribution in [0.2, 0.25) is 0 Å². The minimum absolute atomic E-state index is 0.0160. The van der Waals surface area contributed by atoms with Crippen LogP contribution in [0.5, 0.6) is 5.75 Å². The minimum atomic E-state index is -0.0160. The maximum atomic E-state index is 6.10. The molecule has 0 N–H and O–H groups in total. The van der Waals surface area contributed by atoms with Crippen LogP contribution in [0.4, 0.5) is 5.13 Å². The summed E-state index contributed by atoms with van der Waals surface area (Å²) in [6.45, 7) is 5.37. The van der Waals surface area contributed by atoms with Gasteiger partial charge in [0.1, 0.15) is 16.4 Å². The van der Waals surface area contributed by atoms with Crippen LogP contribution in [0.1, 0.15) is 17.8 Å². The standard InChI is InChI=1S/C16H20N4O2S/c1-12-18-19-15(23-12)20-10-16(11-20)13(5-8-22-16)4-7-21-14-3-2-6-17-9-14/h2-3,6,9,13H,4-5,7-8,10-11H2,1H3/t13-/m0/s1. The van der Waals surface area contributed by atoms with Gasteiger partial charge in [-0.15, -0.1) is 10.2 Å². The Hall–Kier alpha value is -1.73. The van der Waals surface area contributed by atoms with E-state index in [4.69, 9.17) is 9.47 Å². The monoisotopic (exact) mass is 332 g/mol. The van der Waals surface area contributed by atoms with Crippen LogP contribution in [0.15, 0.2) is 24.5 Å². The summed E-state index contributed by atoms with van der Waals surface area (Å²) in [7, 11) is 0. The van der Waals surface area contributed by atoms with E-state index in [9.17, 15) is 0 Å². The van der Waals surface area contributed by atoms with E-state index >= 15 is 0 Å². The Balaban J connectivity index is 1.31. The van der Waals surface area contributed by atoms with Crippen molar-refractivity contribution in [3.05, 3.63) is 29.5 Å². The van der Waals surface area contributed by atoms with Crippen LogP contribution in [0.3, 0.4) is 0 Å². The van der Waals surface area contributed by atoms with Gasteiger partial charge in [0.05, 0.1) is 25.9 Å². The predicted octanol–water partition coefficient (Wildman–Crippen LogP) is 2.31. The lowest BCUT2D eigenvalue weighted by Gasteiger charge is -2.50. The van der Waals surface area contributed by atoms with Crippen molar-refractivity contribution in [1.29, 1.82) is 0 Å². The molecule has 2 aliphatic heterocycles. The summed E-state index contributed by atoms with van der Waals surface area (Å²) in [5, 5.41) is 10.3. The number of aryl methyl sites for hydroxylation is 1. The maximum absolute atomic E-state index is 6.10. The van der Waals surface area contributed by atoms with Crippen LogP contribution >= 0.6 is 11.3 Å². The second-order valence-corrected chi connectivity index (χ2v) is 7.34.